The SMILES string of the molecule is COCc1cc(Cl)cnc1C(=O)O. The molecule has 1 N–H and O–H groups in total. The molecule has 0 aliphatic carbocycles. The molecular weight excluding hydrogens is 194 g/mol. The Hall–Kier alpha value is -1.13. The minimum absolute atomic E-state index is 0.0220. The highest BCUT2D eigenvalue weighted by Gasteiger charge is 2.11. The summed E-state index contributed by atoms with van der Waals surface area (Å²) in [6, 6.07) is 1.53. The van der Waals surface area contributed by atoms with Crippen molar-refractivity contribution in [3.8, 4) is 0 Å². The molecule has 0 fully saturated rings. The van der Waals surface area contributed by atoms with Crippen molar-refractivity contribution >= 4 is 17.6 Å². The average molecular weight is 202 g/mol. The predicted octanol–water partition coefficient (Wildman–Crippen LogP) is 1.58. The second kappa shape index (κ2) is 4.20. The molecule has 70 valence electrons. The van der Waals surface area contributed by atoms with Crippen LogP contribution >= 0.6 is 11.6 Å². The summed E-state index contributed by atoms with van der Waals surface area (Å²) in [7, 11) is 1.48. The molecule has 0 aliphatic heterocycles. The van der Waals surface area contributed by atoms with Crippen molar-refractivity contribution in [2.75, 3.05) is 7.11 Å². The first-order chi connectivity index (χ1) is 6.15. The summed E-state index contributed by atoms with van der Waals surface area (Å²) >= 11 is 5.65. The van der Waals surface area contributed by atoms with Crippen LogP contribution in [0.25, 0.3) is 0 Å². The Labute approximate surface area is 80.1 Å². The zero-order valence-corrected chi connectivity index (χ0v) is 7.71. The van der Waals surface area contributed by atoms with Gasteiger partial charge in [0, 0.05) is 18.9 Å². The zero-order valence-electron chi connectivity index (χ0n) is 6.95. The molecule has 0 saturated carbocycles. The molecule has 1 rings (SSSR count). The summed E-state index contributed by atoms with van der Waals surface area (Å²) in [4.78, 5) is 14.3. The topological polar surface area (TPSA) is 59.4 Å². The molecule has 0 bridgehead atoms. The van der Waals surface area contributed by atoms with Gasteiger partial charge in [-0.3, -0.25) is 0 Å². The van der Waals surface area contributed by atoms with Gasteiger partial charge in [-0.1, -0.05) is 11.6 Å². The fourth-order valence-corrected chi connectivity index (χ4v) is 1.12. The number of rotatable bonds is 3. The fourth-order valence-electron chi connectivity index (χ4n) is 0.939. The van der Waals surface area contributed by atoms with E-state index in [0.29, 0.717) is 10.6 Å². The van der Waals surface area contributed by atoms with Gasteiger partial charge >= 0.3 is 5.97 Å². The van der Waals surface area contributed by atoms with Crippen molar-refractivity contribution in [2.24, 2.45) is 0 Å². The van der Waals surface area contributed by atoms with Crippen LogP contribution in [-0.2, 0) is 11.3 Å². The minimum Gasteiger partial charge on any atom is -0.477 e. The summed E-state index contributed by atoms with van der Waals surface area (Å²) in [5.41, 5.74) is 0.453. The van der Waals surface area contributed by atoms with Crippen molar-refractivity contribution in [3.63, 3.8) is 0 Å². The Balaban J connectivity index is 3.10. The van der Waals surface area contributed by atoms with E-state index in [1.807, 2.05) is 0 Å². The number of carbonyl (C=O) groups is 1. The molecule has 0 aromatic carbocycles. The molecule has 1 heterocycles. The van der Waals surface area contributed by atoms with Crippen molar-refractivity contribution < 1.29 is 14.6 Å². The van der Waals surface area contributed by atoms with Crippen LogP contribution in [0.15, 0.2) is 12.3 Å². The van der Waals surface area contributed by atoms with E-state index in [9.17, 15) is 4.79 Å². The van der Waals surface area contributed by atoms with Crippen LogP contribution in [0.3, 0.4) is 0 Å². The van der Waals surface area contributed by atoms with Gasteiger partial charge in [-0.15, -0.1) is 0 Å². The van der Waals surface area contributed by atoms with E-state index in [1.165, 1.54) is 19.4 Å². The Morgan fingerprint density at radius 1 is 1.77 bits per heavy atom. The third kappa shape index (κ3) is 2.40. The quantitative estimate of drug-likeness (QED) is 0.807. The Bertz CT molecular complexity index is 327. The second-order valence-electron chi connectivity index (χ2n) is 2.40. The van der Waals surface area contributed by atoms with Crippen LogP contribution in [0.4, 0.5) is 0 Å². The first-order valence-corrected chi connectivity index (χ1v) is 3.89. The zero-order chi connectivity index (χ0) is 9.84. The van der Waals surface area contributed by atoms with Gasteiger partial charge in [-0.2, -0.15) is 0 Å². The van der Waals surface area contributed by atoms with Gasteiger partial charge in [0.1, 0.15) is 0 Å². The van der Waals surface area contributed by atoms with Crippen LogP contribution in [0, 0.1) is 0 Å². The van der Waals surface area contributed by atoms with E-state index in [1.54, 1.807) is 0 Å². The summed E-state index contributed by atoms with van der Waals surface area (Å²) in [5.74, 6) is -1.08. The van der Waals surface area contributed by atoms with Crippen LogP contribution < -0.4 is 0 Å². The number of hydrogen-bond acceptors (Lipinski definition) is 3. The van der Waals surface area contributed by atoms with E-state index < -0.39 is 5.97 Å². The van der Waals surface area contributed by atoms with Gasteiger partial charge in [0.15, 0.2) is 5.69 Å². The molecule has 13 heavy (non-hydrogen) atoms. The summed E-state index contributed by atoms with van der Waals surface area (Å²) in [6.45, 7) is 0.190. The largest absolute Gasteiger partial charge is 0.477 e. The van der Waals surface area contributed by atoms with Crippen molar-refractivity contribution in [2.45, 2.75) is 6.61 Å². The number of ether oxygens (including phenoxy) is 1. The lowest BCUT2D eigenvalue weighted by Gasteiger charge is -2.03. The second-order valence-corrected chi connectivity index (χ2v) is 2.84. The molecule has 0 radical (unpaired) electrons. The van der Waals surface area contributed by atoms with E-state index >= 15 is 0 Å². The standard InChI is InChI=1S/C8H8ClNO3/c1-13-4-5-2-6(9)3-10-7(5)8(11)12/h2-3H,4H2,1H3,(H,11,12). The molecule has 0 atom stereocenters. The van der Waals surface area contributed by atoms with Crippen molar-refractivity contribution in [3.05, 3.63) is 28.5 Å². The Morgan fingerprint density at radius 3 is 3.00 bits per heavy atom. The van der Waals surface area contributed by atoms with Gasteiger partial charge in [0.05, 0.1) is 11.6 Å². The lowest BCUT2D eigenvalue weighted by atomic mass is 10.2. The number of halogens is 1. The molecule has 1 aromatic rings. The van der Waals surface area contributed by atoms with Crippen LogP contribution in [0.5, 0.6) is 0 Å². The van der Waals surface area contributed by atoms with Gasteiger partial charge in [0.2, 0.25) is 0 Å². The number of methoxy groups -OCH3 is 1. The predicted molar refractivity (Wildman–Crippen MR) is 46.9 cm³/mol. The number of nitrogens with zero attached hydrogens (tertiary/aromatic N) is 1. The monoisotopic (exact) mass is 201 g/mol. The highest BCUT2D eigenvalue weighted by Crippen LogP contribution is 2.14. The average Bonchev–Trinajstić information content (AvgIpc) is 2.04. The molecule has 0 spiro atoms. The maximum absolute atomic E-state index is 10.6. The number of aromatic nitrogens is 1. The number of carboxylic acid groups (broad SMARTS) is 1. The normalized spacial score (nSPS) is 10.0. The highest BCUT2D eigenvalue weighted by atomic mass is 35.5. The smallest absolute Gasteiger partial charge is 0.354 e. The maximum atomic E-state index is 10.6. The number of aromatic carboxylic acids is 1. The third-order valence-corrected chi connectivity index (χ3v) is 1.64. The van der Waals surface area contributed by atoms with Gasteiger partial charge < -0.3 is 9.84 Å². The van der Waals surface area contributed by atoms with Gasteiger partial charge in [-0.25, -0.2) is 9.78 Å². The number of hydrogen-bond donors (Lipinski definition) is 1. The van der Waals surface area contributed by atoms with E-state index in [2.05, 4.69) is 4.98 Å². The first-order valence-electron chi connectivity index (χ1n) is 3.52. The van der Waals surface area contributed by atoms with Crippen molar-refractivity contribution in [1.29, 1.82) is 0 Å². The maximum Gasteiger partial charge on any atom is 0.354 e. The lowest BCUT2D eigenvalue weighted by molar-refractivity contribution is 0.0685. The lowest BCUT2D eigenvalue weighted by Crippen LogP contribution is -2.06. The Morgan fingerprint density at radius 2 is 2.46 bits per heavy atom. The van der Waals surface area contributed by atoms with Gasteiger partial charge in [0.25, 0.3) is 0 Å². The minimum atomic E-state index is -1.08. The molecule has 5 heteroatoms. The fraction of sp³-hybridized carbons (Fsp3) is 0.250. The van der Waals surface area contributed by atoms with E-state index in [0.717, 1.165) is 0 Å². The van der Waals surface area contributed by atoms with Crippen LogP contribution in [-0.4, -0.2) is 23.2 Å². The van der Waals surface area contributed by atoms with Crippen molar-refractivity contribution in [1.82, 2.24) is 4.98 Å². The number of carboxylic acids is 1. The Kier molecular flexibility index (Phi) is 3.22. The summed E-state index contributed by atoms with van der Waals surface area (Å²) in [5, 5.41) is 9.12. The highest BCUT2D eigenvalue weighted by molar-refractivity contribution is 6.30. The van der Waals surface area contributed by atoms with E-state index in [-0.39, 0.29) is 12.3 Å². The number of pyridine rings is 1. The molecular formula is C8H8ClNO3. The van der Waals surface area contributed by atoms with E-state index in [4.69, 9.17) is 21.4 Å². The summed E-state index contributed by atoms with van der Waals surface area (Å²) < 4.78 is 4.81. The molecule has 0 unspecified atom stereocenters. The molecule has 0 amide bonds. The van der Waals surface area contributed by atoms with Crippen LogP contribution in [0.2, 0.25) is 5.02 Å². The molecule has 4 nitrogen and oxygen atoms in total. The molecule has 0 saturated heterocycles. The van der Waals surface area contributed by atoms with Crippen LogP contribution in [0.1, 0.15) is 16.1 Å². The third-order valence-electron chi connectivity index (χ3n) is 1.44. The van der Waals surface area contributed by atoms with Gasteiger partial charge in [-0.05, 0) is 6.07 Å². The molecule has 0 aliphatic rings. The molecule has 1 aromatic heterocycles. The first kappa shape index (κ1) is 9.95. The summed E-state index contributed by atoms with van der Waals surface area (Å²) in [6.07, 6.45) is 1.30.